The maximum Gasteiger partial charge on any atom is 0.303 e. The normalized spacial score (nSPS) is 11.5. The minimum atomic E-state index is -3.72. The third kappa shape index (κ3) is 4.11. The van der Waals surface area contributed by atoms with E-state index in [0.717, 1.165) is 4.31 Å². The number of carboxylic acids is 1. The van der Waals surface area contributed by atoms with Gasteiger partial charge in [0, 0.05) is 26.1 Å². The van der Waals surface area contributed by atoms with Crippen LogP contribution in [0.2, 0.25) is 0 Å². The van der Waals surface area contributed by atoms with E-state index < -0.39 is 16.0 Å². The van der Waals surface area contributed by atoms with Crippen LogP contribution >= 0.6 is 0 Å². The van der Waals surface area contributed by atoms with Crippen LogP contribution in [0, 0.1) is 6.92 Å². The minimum Gasteiger partial charge on any atom is -0.493 e. The van der Waals surface area contributed by atoms with Gasteiger partial charge in [0.05, 0.1) is 19.1 Å². The third-order valence-electron chi connectivity index (χ3n) is 3.23. The fraction of sp³-hybridized carbons (Fsp3) is 0.500. The smallest absolute Gasteiger partial charge is 0.303 e. The molecular weight excluding hydrogens is 310 g/mol. The Kier molecular flexibility index (Phi) is 6.19. The molecule has 0 aliphatic heterocycles. The van der Waals surface area contributed by atoms with Crippen molar-refractivity contribution in [3.8, 4) is 11.5 Å². The number of aliphatic carboxylic acids is 1. The third-order valence-corrected chi connectivity index (χ3v) is 5.23. The average Bonchev–Trinajstić information content (AvgIpc) is 2.45. The summed E-state index contributed by atoms with van der Waals surface area (Å²) in [5.74, 6) is -0.175. The van der Waals surface area contributed by atoms with Gasteiger partial charge in [0.25, 0.3) is 0 Å². The number of carbonyl (C=O) groups is 1. The summed E-state index contributed by atoms with van der Waals surface area (Å²) in [5.41, 5.74) is 0.530. The lowest BCUT2D eigenvalue weighted by Gasteiger charge is -2.19. The van der Waals surface area contributed by atoms with Gasteiger partial charge in [-0.05, 0) is 25.0 Å². The van der Waals surface area contributed by atoms with Gasteiger partial charge in [0.2, 0.25) is 10.0 Å². The van der Waals surface area contributed by atoms with Crippen molar-refractivity contribution in [1.82, 2.24) is 4.31 Å². The highest BCUT2D eigenvalue weighted by Crippen LogP contribution is 2.33. The molecule has 0 amide bonds. The van der Waals surface area contributed by atoms with Crippen LogP contribution in [0.4, 0.5) is 0 Å². The van der Waals surface area contributed by atoms with Gasteiger partial charge in [-0.3, -0.25) is 4.79 Å². The van der Waals surface area contributed by atoms with E-state index >= 15 is 0 Å². The first-order valence-corrected chi connectivity index (χ1v) is 8.08. The minimum absolute atomic E-state index is 0.0786. The predicted molar refractivity (Wildman–Crippen MR) is 81.0 cm³/mol. The Morgan fingerprint density at radius 2 is 1.77 bits per heavy atom. The lowest BCUT2D eigenvalue weighted by molar-refractivity contribution is -0.137. The molecule has 124 valence electrons. The first-order chi connectivity index (χ1) is 10.2. The van der Waals surface area contributed by atoms with Crippen molar-refractivity contribution in [2.24, 2.45) is 0 Å². The standard InChI is InChI=1S/C14H21NO6S/c1-10-8-11(20-3)12(21-4)9-13(10)22(18,19)15(2)7-5-6-14(16)17/h8-9H,5-7H2,1-4H3,(H,16,17). The molecule has 1 aromatic carbocycles. The zero-order valence-electron chi connectivity index (χ0n) is 13.1. The summed E-state index contributed by atoms with van der Waals surface area (Å²) in [5, 5.41) is 8.62. The van der Waals surface area contributed by atoms with Gasteiger partial charge >= 0.3 is 5.97 Å². The second kappa shape index (κ2) is 7.46. The van der Waals surface area contributed by atoms with Gasteiger partial charge in [0.15, 0.2) is 11.5 Å². The van der Waals surface area contributed by atoms with Gasteiger partial charge in [0.1, 0.15) is 0 Å². The van der Waals surface area contributed by atoms with E-state index in [1.807, 2.05) is 0 Å². The molecule has 0 aliphatic carbocycles. The summed E-state index contributed by atoms with van der Waals surface area (Å²) in [7, 11) is 0.610. The molecule has 8 heteroatoms. The first kappa shape index (κ1) is 18.2. The van der Waals surface area contributed by atoms with E-state index in [9.17, 15) is 13.2 Å². The summed E-state index contributed by atoms with van der Waals surface area (Å²) < 4.78 is 36.6. The number of hydrogen-bond acceptors (Lipinski definition) is 5. The number of hydrogen-bond donors (Lipinski definition) is 1. The summed E-state index contributed by atoms with van der Waals surface area (Å²) >= 11 is 0. The summed E-state index contributed by atoms with van der Waals surface area (Å²) in [6, 6.07) is 3.01. The molecule has 0 unspecified atom stereocenters. The Morgan fingerprint density at radius 3 is 2.27 bits per heavy atom. The average molecular weight is 331 g/mol. The first-order valence-electron chi connectivity index (χ1n) is 6.64. The van der Waals surface area contributed by atoms with Crippen molar-refractivity contribution < 1.29 is 27.8 Å². The number of aryl methyl sites for hydroxylation is 1. The number of nitrogens with zero attached hydrogens (tertiary/aromatic N) is 1. The van der Waals surface area contributed by atoms with Crippen molar-refractivity contribution in [1.29, 1.82) is 0 Å². The van der Waals surface area contributed by atoms with E-state index in [1.165, 1.54) is 27.3 Å². The molecule has 1 N–H and O–H groups in total. The molecule has 0 aliphatic rings. The number of sulfonamides is 1. The zero-order chi connectivity index (χ0) is 16.9. The topological polar surface area (TPSA) is 93.1 Å². The molecule has 7 nitrogen and oxygen atoms in total. The molecule has 0 heterocycles. The Labute approximate surface area is 130 Å². The Bertz CT molecular complexity index is 641. The lowest BCUT2D eigenvalue weighted by Crippen LogP contribution is -2.29. The van der Waals surface area contributed by atoms with Gasteiger partial charge in [-0.25, -0.2) is 12.7 Å². The van der Waals surface area contributed by atoms with Crippen LogP contribution in [-0.4, -0.2) is 51.6 Å². The second-order valence-corrected chi connectivity index (χ2v) is 6.81. The van der Waals surface area contributed by atoms with Crippen molar-refractivity contribution in [3.63, 3.8) is 0 Å². The molecule has 0 aromatic heterocycles. The summed E-state index contributed by atoms with van der Waals surface area (Å²) in [6.07, 6.45) is 0.169. The largest absolute Gasteiger partial charge is 0.493 e. The van der Waals surface area contributed by atoms with Crippen LogP contribution in [0.15, 0.2) is 17.0 Å². The summed E-state index contributed by atoms with van der Waals surface area (Å²) in [6.45, 7) is 1.79. The molecule has 1 rings (SSSR count). The van der Waals surface area contributed by atoms with E-state index in [-0.39, 0.29) is 24.3 Å². The number of benzene rings is 1. The molecule has 0 fully saturated rings. The van der Waals surface area contributed by atoms with Crippen LogP contribution in [-0.2, 0) is 14.8 Å². The van der Waals surface area contributed by atoms with Crippen LogP contribution < -0.4 is 9.47 Å². The van der Waals surface area contributed by atoms with Crippen LogP contribution in [0.1, 0.15) is 18.4 Å². The maximum absolute atomic E-state index is 12.6. The van der Waals surface area contributed by atoms with Crippen LogP contribution in [0.5, 0.6) is 11.5 Å². The highest BCUT2D eigenvalue weighted by atomic mass is 32.2. The van der Waals surface area contributed by atoms with Crippen molar-refractivity contribution in [2.75, 3.05) is 27.8 Å². The fourth-order valence-electron chi connectivity index (χ4n) is 1.98. The van der Waals surface area contributed by atoms with Crippen molar-refractivity contribution >= 4 is 16.0 Å². The van der Waals surface area contributed by atoms with E-state index in [4.69, 9.17) is 14.6 Å². The zero-order valence-corrected chi connectivity index (χ0v) is 13.9. The monoisotopic (exact) mass is 331 g/mol. The van der Waals surface area contributed by atoms with Gasteiger partial charge in [-0.15, -0.1) is 0 Å². The van der Waals surface area contributed by atoms with Crippen molar-refractivity contribution in [2.45, 2.75) is 24.7 Å². The van der Waals surface area contributed by atoms with Gasteiger partial charge < -0.3 is 14.6 Å². The van der Waals surface area contributed by atoms with Crippen LogP contribution in [0.25, 0.3) is 0 Å². The van der Waals surface area contributed by atoms with E-state index in [0.29, 0.717) is 17.1 Å². The number of rotatable bonds is 8. The number of ether oxygens (including phenoxy) is 2. The Hall–Kier alpha value is -1.80. The molecule has 1 aromatic rings. The predicted octanol–water partition coefficient (Wildman–Crippen LogP) is 1.50. The molecule has 0 radical (unpaired) electrons. The van der Waals surface area contributed by atoms with E-state index in [1.54, 1.807) is 13.0 Å². The highest BCUT2D eigenvalue weighted by molar-refractivity contribution is 7.89. The van der Waals surface area contributed by atoms with Gasteiger partial charge in [-0.1, -0.05) is 0 Å². The molecule has 0 spiro atoms. The van der Waals surface area contributed by atoms with Crippen LogP contribution in [0.3, 0.4) is 0 Å². The fourth-order valence-corrected chi connectivity index (χ4v) is 3.41. The SMILES string of the molecule is COc1cc(C)c(S(=O)(=O)N(C)CCCC(=O)O)cc1OC. The molecule has 22 heavy (non-hydrogen) atoms. The summed E-state index contributed by atoms with van der Waals surface area (Å²) in [4.78, 5) is 10.6. The number of methoxy groups -OCH3 is 2. The highest BCUT2D eigenvalue weighted by Gasteiger charge is 2.24. The molecular formula is C14H21NO6S. The lowest BCUT2D eigenvalue weighted by atomic mass is 10.2. The molecule has 0 bridgehead atoms. The number of carboxylic acid groups (broad SMARTS) is 1. The molecule has 0 saturated carbocycles. The molecule has 0 atom stereocenters. The maximum atomic E-state index is 12.6. The molecule has 0 saturated heterocycles. The van der Waals surface area contributed by atoms with Gasteiger partial charge in [-0.2, -0.15) is 0 Å². The Morgan fingerprint density at radius 1 is 1.23 bits per heavy atom. The quantitative estimate of drug-likeness (QED) is 0.776. The Balaban J connectivity index is 3.09. The van der Waals surface area contributed by atoms with E-state index in [2.05, 4.69) is 0 Å². The second-order valence-electron chi connectivity index (χ2n) is 4.80. The van der Waals surface area contributed by atoms with Crippen molar-refractivity contribution in [3.05, 3.63) is 17.7 Å².